The number of aliphatic hydroxyl groups is 2. The Morgan fingerprint density at radius 2 is 2.14 bits per heavy atom. The summed E-state index contributed by atoms with van der Waals surface area (Å²) in [7, 11) is 0. The van der Waals surface area contributed by atoms with Gasteiger partial charge in [-0.25, -0.2) is 9.78 Å². The van der Waals surface area contributed by atoms with Crippen molar-refractivity contribution >= 4 is 16.8 Å². The second-order valence-electron chi connectivity index (χ2n) is 5.38. The van der Waals surface area contributed by atoms with Gasteiger partial charge in [0.2, 0.25) is 5.71 Å². The highest BCUT2D eigenvalue weighted by atomic mass is 16.5. The van der Waals surface area contributed by atoms with Crippen LogP contribution in [-0.4, -0.2) is 41.4 Å². The molecule has 1 aliphatic rings. The summed E-state index contributed by atoms with van der Waals surface area (Å²) in [5, 5.41) is 24.4. The number of nitrogens with one attached hydrogen (secondary N) is 1. The third kappa shape index (κ3) is 2.47. The number of piperazine rings is 1. The summed E-state index contributed by atoms with van der Waals surface area (Å²) in [4.78, 5) is 18.4. The van der Waals surface area contributed by atoms with E-state index in [1.54, 1.807) is 19.1 Å². The zero-order valence-corrected chi connectivity index (χ0v) is 12.4. The molecular formula is C15H19N3O4. The summed E-state index contributed by atoms with van der Waals surface area (Å²) in [6.07, 6.45) is 1.53. The van der Waals surface area contributed by atoms with Gasteiger partial charge in [0.25, 0.3) is 0 Å². The lowest BCUT2D eigenvalue weighted by molar-refractivity contribution is -0.172. The summed E-state index contributed by atoms with van der Waals surface area (Å²) in [5.74, 6) is -2.23. The van der Waals surface area contributed by atoms with E-state index in [1.165, 1.54) is 6.20 Å². The van der Waals surface area contributed by atoms with Crippen molar-refractivity contribution < 1.29 is 14.6 Å². The molecule has 2 aromatic rings. The van der Waals surface area contributed by atoms with Crippen LogP contribution in [0.2, 0.25) is 0 Å². The topological polar surface area (TPSA) is 98.8 Å². The number of anilines is 1. The predicted octanol–water partition coefficient (Wildman–Crippen LogP) is 0.145. The van der Waals surface area contributed by atoms with E-state index in [9.17, 15) is 15.0 Å². The molecular weight excluding hydrogens is 286 g/mol. The van der Waals surface area contributed by atoms with Crippen LogP contribution in [-0.2, 0) is 5.79 Å². The Labute approximate surface area is 127 Å². The minimum absolute atomic E-state index is 0.0113. The molecule has 7 heteroatoms. The summed E-state index contributed by atoms with van der Waals surface area (Å²) >= 11 is 0. The fraction of sp³-hybridized carbons (Fsp3) is 0.467. The first-order chi connectivity index (χ1) is 10.5. The molecule has 2 aromatic heterocycles. The zero-order chi connectivity index (χ0) is 15.7. The molecule has 0 saturated carbocycles. The summed E-state index contributed by atoms with van der Waals surface area (Å²) in [6.45, 7) is 4.46. The van der Waals surface area contributed by atoms with Crippen molar-refractivity contribution in [3.8, 4) is 0 Å². The smallest absolute Gasteiger partial charge is 0.348 e. The van der Waals surface area contributed by atoms with Crippen LogP contribution in [0.25, 0.3) is 11.1 Å². The first-order valence-corrected chi connectivity index (χ1v) is 7.37. The SMILES string of the molecule is CCC(O)(O)c1c(N2CCNCC2)c2cccnc2oc1=O. The molecule has 0 aromatic carbocycles. The van der Waals surface area contributed by atoms with Gasteiger partial charge < -0.3 is 24.8 Å². The fourth-order valence-corrected chi connectivity index (χ4v) is 2.77. The highest BCUT2D eigenvalue weighted by Gasteiger charge is 2.35. The van der Waals surface area contributed by atoms with E-state index in [1.807, 2.05) is 4.90 Å². The maximum absolute atomic E-state index is 12.3. The van der Waals surface area contributed by atoms with Crippen LogP contribution in [0.4, 0.5) is 5.69 Å². The third-order valence-electron chi connectivity index (χ3n) is 3.98. The van der Waals surface area contributed by atoms with Gasteiger partial charge in [0.05, 0.1) is 11.1 Å². The van der Waals surface area contributed by atoms with Gasteiger partial charge in [0.15, 0.2) is 5.79 Å². The van der Waals surface area contributed by atoms with E-state index in [0.717, 1.165) is 13.1 Å². The van der Waals surface area contributed by atoms with E-state index in [4.69, 9.17) is 4.42 Å². The molecule has 0 radical (unpaired) electrons. The van der Waals surface area contributed by atoms with Crippen molar-refractivity contribution in [3.05, 3.63) is 34.3 Å². The molecule has 0 amide bonds. The molecule has 22 heavy (non-hydrogen) atoms. The number of hydrogen-bond donors (Lipinski definition) is 3. The average molecular weight is 305 g/mol. The Hall–Kier alpha value is -1.96. The molecule has 1 aliphatic heterocycles. The molecule has 1 saturated heterocycles. The summed E-state index contributed by atoms with van der Waals surface area (Å²) < 4.78 is 5.18. The molecule has 0 spiro atoms. The van der Waals surface area contributed by atoms with Crippen molar-refractivity contribution in [2.45, 2.75) is 19.1 Å². The Kier molecular flexibility index (Phi) is 3.86. The van der Waals surface area contributed by atoms with Crippen molar-refractivity contribution in [1.82, 2.24) is 10.3 Å². The predicted molar refractivity (Wildman–Crippen MR) is 81.8 cm³/mol. The highest BCUT2D eigenvalue weighted by molar-refractivity contribution is 5.90. The summed E-state index contributed by atoms with van der Waals surface area (Å²) in [6, 6.07) is 3.51. The van der Waals surface area contributed by atoms with Gasteiger partial charge in [-0.3, -0.25) is 0 Å². The lowest BCUT2D eigenvalue weighted by Crippen LogP contribution is -2.45. The Bertz CT molecular complexity index is 735. The van der Waals surface area contributed by atoms with E-state index in [2.05, 4.69) is 10.3 Å². The first-order valence-electron chi connectivity index (χ1n) is 7.37. The lowest BCUT2D eigenvalue weighted by atomic mass is 10.0. The maximum atomic E-state index is 12.3. The van der Waals surface area contributed by atoms with Crippen LogP contribution >= 0.6 is 0 Å². The molecule has 3 N–H and O–H groups in total. The number of rotatable bonds is 3. The highest BCUT2D eigenvalue weighted by Crippen LogP contribution is 2.34. The van der Waals surface area contributed by atoms with E-state index < -0.39 is 11.4 Å². The van der Waals surface area contributed by atoms with Crippen LogP contribution in [0.3, 0.4) is 0 Å². The molecule has 0 unspecified atom stereocenters. The monoisotopic (exact) mass is 305 g/mol. The Morgan fingerprint density at radius 1 is 1.41 bits per heavy atom. The standard InChI is InChI=1S/C15H19N3O4/c1-2-15(20,21)11-12(18-8-6-16-7-9-18)10-4-3-5-17-13(10)22-14(11)19/h3-5,16,20-21H,2,6-9H2,1H3. The Morgan fingerprint density at radius 3 is 2.82 bits per heavy atom. The molecule has 3 heterocycles. The normalized spacial score (nSPS) is 16.2. The number of hydrogen-bond acceptors (Lipinski definition) is 7. The number of aromatic nitrogens is 1. The number of pyridine rings is 1. The first kappa shape index (κ1) is 15.0. The quantitative estimate of drug-likeness (QED) is 0.694. The van der Waals surface area contributed by atoms with Gasteiger partial charge in [0, 0.05) is 38.8 Å². The van der Waals surface area contributed by atoms with Crippen LogP contribution in [0.1, 0.15) is 18.9 Å². The van der Waals surface area contributed by atoms with Gasteiger partial charge in [0.1, 0.15) is 5.56 Å². The van der Waals surface area contributed by atoms with Gasteiger partial charge in [-0.2, -0.15) is 0 Å². The van der Waals surface area contributed by atoms with Crippen molar-refractivity contribution in [2.75, 3.05) is 31.1 Å². The van der Waals surface area contributed by atoms with E-state index in [-0.39, 0.29) is 17.7 Å². The lowest BCUT2D eigenvalue weighted by Gasteiger charge is -2.33. The van der Waals surface area contributed by atoms with E-state index >= 15 is 0 Å². The van der Waals surface area contributed by atoms with Gasteiger partial charge in [-0.15, -0.1) is 0 Å². The van der Waals surface area contributed by atoms with Gasteiger partial charge in [-0.1, -0.05) is 6.92 Å². The van der Waals surface area contributed by atoms with Crippen molar-refractivity contribution in [2.24, 2.45) is 0 Å². The second-order valence-corrected chi connectivity index (χ2v) is 5.38. The molecule has 3 rings (SSSR count). The fourth-order valence-electron chi connectivity index (χ4n) is 2.77. The van der Waals surface area contributed by atoms with Crippen LogP contribution in [0, 0.1) is 0 Å². The van der Waals surface area contributed by atoms with Gasteiger partial charge >= 0.3 is 5.63 Å². The maximum Gasteiger partial charge on any atom is 0.348 e. The van der Waals surface area contributed by atoms with Crippen LogP contribution < -0.4 is 15.8 Å². The second kappa shape index (κ2) is 5.68. The Balaban J connectivity index is 2.32. The van der Waals surface area contributed by atoms with Crippen LogP contribution in [0.15, 0.2) is 27.5 Å². The summed E-state index contributed by atoms with van der Waals surface area (Å²) in [5.41, 5.74) is -0.159. The zero-order valence-electron chi connectivity index (χ0n) is 12.4. The van der Waals surface area contributed by atoms with Gasteiger partial charge in [-0.05, 0) is 12.1 Å². The van der Waals surface area contributed by atoms with Crippen molar-refractivity contribution in [3.63, 3.8) is 0 Å². The third-order valence-corrected chi connectivity index (χ3v) is 3.98. The molecule has 118 valence electrons. The largest absolute Gasteiger partial charge is 0.403 e. The molecule has 0 bridgehead atoms. The number of nitrogens with zero attached hydrogens (tertiary/aromatic N) is 2. The minimum atomic E-state index is -2.23. The average Bonchev–Trinajstić information content (AvgIpc) is 2.54. The number of fused-ring (bicyclic) bond motifs is 1. The molecule has 0 atom stereocenters. The van der Waals surface area contributed by atoms with Crippen molar-refractivity contribution in [1.29, 1.82) is 0 Å². The molecule has 1 fully saturated rings. The minimum Gasteiger partial charge on any atom is -0.403 e. The molecule has 0 aliphatic carbocycles. The van der Waals surface area contributed by atoms with E-state index in [0.29, 0.717) is 24.2 Å². The molecule has 7 nitrogen and oxygen atoms in total. The van der Waals surface area contributed by atoms with Crippen LogP contribution in [0.5, 0.6) is 0 Å².